The highest BCUT2D eigenvalue weighted by molar-refractivity contribution is 5.65. The standard InChI is InChI=1S/C13H16N4/c1-2-17(11-6-4-3-5-7-11)12-8-9-15-13(10-12)16-14/h3-10H,2,14H2,1H3,(H,15,16). The average molecular weight is 228 g/mol. The predicted octanol–water partition coefficient (Wildman–Crippen LogP) is 2.53. The molecule has 3 N–H and O–H groups in total. The fraction of sp³-hybridized carbons (Fsp3) is 0.154. The van der Waals surface area contributed by atoms with Crippen LogP contribution in [0.4, 0.5) is 17.2 Å². The maximum Gasteiger partial charge on any atom is 0.141 e. The Morgan fingerprint density at radius 3 is 2.59 bits per heavy atom. The molecule has 2 aromatic rings. The predicted molar refractivity (Wildman–Crippen MR) is 71.2 cm³/mol. The minimum absolute atomic E-state index is 0.664. The zero-order valence-corrected chi connectivity index (χ0v) is 9.80. The number of para-hydroxylation sites is 1. The molecule has 1 heterocycles. The minimum Gasteiger partial charge on any atom is -0.342 e. The molecule has 88 valence electrons. The molecule has 0 bridgehead atoms. The molecule has 0 radical (unpaired) electrons. The van der Waals surface area contributed by atoms with Gasteiger partial charge in [0, 0.05) is 30.2 Å². The summed E-state index contributed by atoms with van der Waals surface area (Å²) in [6.45, 7) is 3.00. The van der Waals surface area contributed by atoms with E-state index in [2.05, 4.69) is 34.4 Å². The molecule has 0 amide bonds. The van der Waals surface area contributed by atoms with Gasteiger partial charge < -0.3 is 10.3 Å². The first-order chi connectivity index (χ1) is 8.35. The van der Waals surface area contributed by atoms with E-state index >= 15 is 0 Å². The Bertz CT molecular complexity index is 470. The van der Waals surface area contributed by atoms with Crippen LogP contribution >= 0.6 is 0 Å². The van der Waals surface area contributed by atoms with Gasteiger partial charge in [-0.05, 0) is 25.1 Å². The van der Waals surface area contributed by atoms with Crippen molar-refractivity contribution in [1.29, 1.82) is 0 Å². The van der Waals surface area contributed by atoms with Crippen molar-refractivity contribution >= 4 is 17.2 Å². The van der Waals surface area contributed by atoms with Crippen molar-refractivity contribution in [3.63, 3.8) is 0 Å². The summed E-state index contributed by atoms with van der Waals surface area (Å²) in [5, 5.41) is 0. The van der Waals surface area contributed by atoms with E-state index in [9.17, 15) is 0 Å². The molecule has 4 nitrogen and oxygen atoms in total. The lowest BCUT2D eigenvalue weighted by Crippen LogP contribution is -2.17. The normalized spacial score (nSPS) is 10.0. The van der Waals surface area contributed by atoms with E-state index in [4.69, 9.17) is 5.84 Å². The molecule has 0 aliphatic rings. The van der Waals surface area contributed by atoms with Gasteiger partial charge in [0.1, 0.15) is 5.82 Å². The average Bonchev–Trinajstić information content (AvgIpc) is 2.41. The van der Waals surface area contributed by atoms with Crippen LogP contribution in [0.2, 0.25) is 0 Å². The van der Waals surface area contributed by atoms with Crippen LogP contribution in [0.3, 0.4) is 0 Å². The lowest BCUT2D eigenvalue weighted by molar-refractivity contribution is 1.02. The molecule has 0 fully saturated rings. The second-order valence-electron chi connectivity index (χ2n) is 3.62. The fourth-order valence-electron chi connectivity index (χ4n) is 1.79. The van der Waals surface area contributed by atoms with Gasteiger partial charge in [-0.1, -0.05) is 18.2 Å². The highest BCUT2D eigenvalue weighted by Gasteiger charge is 2.07. The number of nitrogens with two attached hydrogens (primary N) is 1. The number of rotatable bonds is 4. The van der Waals surface area contributed by atoms with Gasteiger partial charge in [-0.2, -0.15) is 0 Å². The van der Waals surface area contributed by atoms with E-state index in [0.717, 1.165) is 17.9 Å². The summed E-state index contributed by atoms with van der Waals surface area (Å²) in [5.74, 6) is 6.03. The number of nitrogens with one attached hydrogen (secondary N) is 1. The largest absolute Gasteiger partial charge is 0.342 e. The summed E-state index contributed by atoms with van der Waals surface area (Å²) >= 11 is 0. The smallest absolute Gasteiger partial charge is 0.141 e. The zero-order chi connectivity index (χ0) is 12.1. The number of nitrogens with zero attached hydrogens (tertiary/aromatic N) is 2. The Kier molecular flexibility index (Phi) is 3.57. The van der Waals surface area contributed by atoms with E-state index in [1.165, 1.54) is 0 Å². The number of aromatic nitrogens is 1. The fourth-order valence-corrected chi connectivity index (χ4v) is 1.79. The SMILES string of the molecule is CCN(c1ccccc1)c1ccnc(NN)c1. The van der Waals surface area contributed by atoms with Gasteiger partial charge in [-0.3, -0.25) is 0 Å². The van der Waals surface area contributed by atoms with Crippen molar-refractivity contribution in [3.8, 4) is 0 Å². The van der Waals surface area contributed by atoms with Gasteiger partial charge >= 0.3 is 0 Å². The van der Waals surface area contributed by atoms with E-state index in [-0.39, 0.29) is 0 Å². The summed E-state index contributed by atoms with van der Waals surface area (Å²) in [7, 11) is 0. The number of anilines is 3. The van der Waals surface area contributed by atoms with Crippen LogP contribution < -0.4 is 16.2 Å². The molecule has 0 aliphatic carbocycles. The number of benzene rings is 1. The Hall–Kier alpha value is -2.07. The first kappa shape index (κ1) is 11.4. The van der Waals surface area contributed by atoms with Crippen LogP contribution in [-0.4, -0.2) is 11.5 Å². The number of nitrogen functional groups attached to an aromatic ring is 1. The van der Waals surface area contributed by atoms with Crippen molar-refractivity contribution < 1.29 is 0 Å². The molecule has 0 unspecified atom stereocenters. The lowest BCUT2D eigenvalue weighted by atomic mass is 10.2. The van der Waals surface area contributed by atoms with Gasteiger partial charge in [0.15, 0.2) is 0 Å². The zero-order valence-electron chi connectivity index (χ0n) is 9.80. The Morgan fingerprint density at radius 2 is 1.94 bits per heavy atom. The molecule has 2 rings (SSSR count). The molecule has 0 aliphatic heterocycles. The van der Waals surface area contributed by atoms with Gasteiger partial charge in [0.2, 0.25) is 0 Å². The molecule has 0 atom stereocenters. The monoisotopic (exact) mass is 228 g/mol. The molecule has 0 saturated heterocycles. The summed E-state index contributed by atoms with van der Waals surface area (Å²) in [6.07, 6.45) is 1.75. The van der Waals surface area contributed by atoms with Gasteiger partial charge in [-0.15, -0.1) is 0 Å². The molecule has 1 aromatic heterocycles. The molecular weight excluding hydrogens is 212 g/mol. The number of hydrogen-bond acceptors (Lipinski definition) is 4. The van der Waals surface area contributed by atoms with Crippen molar-refractivity contribution in [1.82, 2.24) is 4.98 Å². The summed E-state index contributed by atoms with van der Waals surface area (Å²) in [5.41, 5.74) is 4.79. The highest BCUT2D eigenvalue weighted by Crippen LogP contribution is 2.25. The van der Waals surface area contributed by atoms with E-state index in [0.29, 0.717) is 5.82 Å². The Labute approximate surface area is 101 Å². The molecule has 0 saturated carbocycles. The van der Waals surface area contributed by atoms with Crippen molar-refractivity contribution in [2.24, 2.45) is 5.84 Å². The van der Waals surface area contributed by atoms with E-state index in [1.807, 2.05) is 30.3 Å². The first-order valence-corrected chi connectivity index (χ1v) is 5.60. The third-order valence-electron chi connectivity index (χ3n) is 2.59. The van der Waals surface area contributed by atoms with Gasteiger partial charge in [0.25, 0.3) is 0 Å². The quantitative estimate of drug-likeness (QED) is 0.623. The number of hydrazine groups is 1. The van der Waals surface area contributed by atoms with Crippen LogP contribution in [0.25, 0.3) is 0 Å². The van der Waals surface area contributed by atoms with Crippen LogP contribution in [-0.2, 0) is 0 Å². The van der Waals surface area contributed by atoms with E-state index in [1.54, 1.807) is 6.20 Å². The summed E-state index contributed by atoms with van der Waals surface area (Å²) in [6, 6.07) is 14.1. The van der Waals surface area contributed by atoms with Crippen LogP contribution in [0.5, 0.6) is 0 Å². The van der Waals surface area contributed by atoms with Crippen LogP contribution in [0.1, 0.15) is 6.92 Å². The highest BCUT2D eigenvalue weighted by atomic mass is 15.2. The second kappa shape index (κ2) is 5.32. The van der Waals surface area contributed by atoms with Gasteiger partial charge in [-0.25, -0.2) is 10.8 Å². The number of pyridine rings is 1. The Morgan fingerprint density at radius 1 is 1.18 bits per heavy atom. The molecule has 1 aromatic carbocycles. The molecule has 17 heavy (non-hydrogen) atoms. The third kappa shape index (κ3) is 2.54. The van der Waals surface area contributed by atoms with E-state index < -0.39 is 0 Å². The first-order valence-electron chi connectivity index (χ1n) is 5.60. The third-order valence-corrected chi connectivity index (χ3v) is 2.59. The Balaban J connectivity index is 2.35. The summed E-state index contributed by atoms with van der Waals surface area (Å²) < 4.78 is 0. The van der Waals surface area contributed by atoms with Crippen molar-refractivity contribution in [2.75, 3.05) is 16.9 Å². The molecular formula is C13H16N4. The van der Waals surface area contributed by atoms with Crippen molar-refractivity contribution in [3.05, 3.63) is 48.7 Å². The molecule has 4 heteroatoms. The van der Waals surface area contributed by atoms with Crippen LogP contribution in [0, 0.1) is 0 Å². The minimum atomic E-state index is 0.664. The maximum atomic E-state index is 5.37. The van der Waals surface area contributed by atoms with Crippen LogP contribution in [0.15, 0.2) is 48.7 Å². The molecule has 0 spiro atoms. The van der Waals surface area contributed by atoms with Gasteiger partial charge in [0.05, 0.1) is 0 Å². The number of hydrogen-bond donors (Lipinski definition) is 2. The summed E-state index contributed by atoms with van der Waals surface area (Å²) in [4.78, 5) is 6.30. The van der Waals surface area contributed by atoms with Crippen molar-refractivity contribution in [2.45, 2.75) is 6.92 Å². The topological polar surface area (TPSA) is 54.2 Å². The lowest BCUT2D eigenvalue weighted by Gasteiger charge is -2.23. The second-order valence-corrected chi connectivity index (χ2v) is 3.62. The maximum absolute atomic E-state index is 5.37.